The highest BCUT2D eigenvalue weighted by Crippen LogP contribution is 2.41. The Morgan fingerprint density at radius 1 is 0.793 bits per heavy atom. The summed E-state index contributed by atoms with van der Waals surface area (Å²) in [5.41, 5.74) is 10.5. The van der Waals surface area contributed by atoms with Crippen LogP contribution < -0.4 is 10.6 Å². The average Bonchev–Trinajstić information content (AvgIpc) is 3.04. The van der Waals surface area contributed by atoms with Crippen molar-refractivity contribution in [3.05, 3.63) is 77.4 Å². The predicted octanol–water partition coefficient (Wildman–Crippen LogP) is 7.55. The lowest BCUT2D eigenvalue weighted by atomic mass is 10.0. The van der Waals surface area contributed by atoms with Crippen LogP contribution >= 0.6 is 0 Å². The van der Waals surface area contributed by atoms with Crippen molar-refractivity contribution in [1.82, 2.24) is 0 Å². The van der Waals surface area contributed by atoms with Gasteiger partial charge >= 0.3 is 0 Å². The molecule has 2 nitrogen and oxygen atoms in total. The van der Waals surface area contributed by atoms with E-state index in [4.69, 9.17) is 0 Å². The average molecular weight is 385 g/mol. The highest BCUT2D eigenvalue weighted by Gasteiger charge is 2.20. The molecule has 0 spiro atoms. The third-order valence-corrected chi connectivity index (χ3v) is 5.87. The lowest BCUT2D eigenvalue weighted by Gasteiger charge is -2.17. The Hall–Kier alpha value is -2.74. The number of hydrogen-bond acceptors (Lipinski definition) is 2. The molecule has 0 heterocycles. The summed E-state index contributed by atoms with van der Waals surface area (Å²) in [7, 11) is 0. The molecule has 0 radical (unpaired) electrons. The second kappa shape index (κ2) is 8.32. The summed E-state index contributed by atoms with van der Waals surface area (Å²) >= 11 is 0. The molecule has 1 atom stereocenters. The maximum Gasteiger partial charge on any atom is 0.0417 e. The minimum atomic E-state index is 0.496. The van der Waals surface area contributed by atoms with Crippen molar-refractivity contribution in [2.45, 2.75) is 53.0 Å². The minimum Gasteiger partial charge on any atom is -0.383 e. The molecule has 2 N–H and O–H groups in total. The Morgan fingerprint density at radius 2 is 1.55 bits per heavy atom. The molecule has 0 aromatic heterocycles. The van der Waals surface area contributed by atoms with Crippen LogP contribution in [-0.4, -0.2) is 6.04 Å². The zero-order chi connectivity index (χ0) is 20.4. The number of benzene rings is 3. The molecule has 3 aromatic rings. The summed E-state index contributed by atoms with van der Waals surface area (Å²) in [6.45, 7) is 9.07. The van der Waals surface area contributed by atoms with Crippen molar-refractivity contribution >= 4 is 17.1 Å². The molecular weight excluding hydrogens is 352 g/mol. The van der Waals surface area contributed by atoms with Gasteiger partial charge in [-0.2, -0.15) is 0 Å². The first-order valence-corrected chi connectivity index (χ1v) is 10.8. The highest BCUT2D eigenvalue weighted by molar-refractivity contribution is 5.83. The lowest BCUT2D eigenvalue weighted by Crippen LogP contribution is -2.15. The molecule has 1 aliphatic carbocycles. The number of aryl methyl sites for hydroxylation is 1. The topological polar surface area (TPSA) is 24.1 Å². The third-order valence-electron chi connectivity index (χ3n) is 5.87. The summed E-state index contributed by atoms with van der Waals surface area (Å²) in [6.07, 6.45) is 3.48. The van der Waals surface area contributed by atoms with Gasteiger partial charge in [-0.15, -0.1) is 0 Å². The van der Waals surface area contributed by atoms with E-state index in [0.717, 1.165) is 18.0 Å². The molecule has 0 bridgehead atoms. The summed E-state index contributed by atoms with van der Waals surface area (Å²) < 4.78 is 0. The highest BCUT2D eigenvalue weighted by atomic mass is 14.9. The fourth-order valence-corrected chi connectivity index (χ4v) is 4.18. The first-order chi connectivity index (χ1) is 14.0. The van der Waals surface area contributed by atoms with Crippen LogP contribution in [0.5, 0.6) is 0 Å². The second-order valence-corrected chi connectivity index (χ2v) is 8.88. The Labute approximate surface area is 175 Å². The van der Waals surface area contributed by atoms with Gasteiger partial charge in [0, 0.05) is 23.1 Å². The van der Waals surface area contributed by atoms with Gasteiger partial charge in [-0.1, -0.05) is 38.1 Å². The maximum absolute atomic E-state index is 3.70. The SMILES string of the molecule is Cc1cc2c(cc1Nc1ccccc1)Cc1ccc(NC(C)CCC(C)C)cc1-2. The van der Waals surface area contributed by atoms with E-state index in [9.17, 15) is 0 Å². The van der Waals surface area contributed by atoms with Crippen molar-refractivity contribution in [3.63, 3.8) is 0 Å². The third kappa shape index (κ3) is 4.48. The molecule has 0 saturated heterocycles. The fourth-order valence-electron chi connectivity index (χ4n) is 4.18. The largest absolute Gasteiger partial charge is 0.383 e. The number of nitrogens with one attached hydrogen (secondary N) is 2. The number of para-hydroxylation sites is 1. The van der Waals surface area contributed by atoms with Gasteiger partial charge in [-0.05, 0) is 103 Å². The second-order valence-electron chi connectivity index (χ2n) is 8.88. The summed E-state index contributed by atoms with van der Waals surface area (Å²) in [6, 6.07) is 22.5. The van der Waals surface area contributed by atoms with Crippen molar-refractivity contribution in [3.8, 4) is 11.1 Å². The lowest BCUT2D eigenvalue weighted by molar-refractivity contribution is 0.528. The van der Waals surface area contributed by atoms with Gasteiger partial charge in [0.25, 0.3) is 0 Å². The number of fused-ring (bicyclic) bond motifs is 3. The molecule has 29 heavy (non-hydrogen) atoms. The monoisotopic (exact) mass is 384 g/mol. The molecule has 1 aliphatic rings. The van der Waals surface area contributed by atoms with Crippen molar-refractivity contribution in [1.29, 1.82) is 0 Å². The van der Waals surface area contributed by atoms with E-state index in [1.165, 1.54) is 52.0 Å². The molecule has 150 valence electrons. The molecule has 0 aliphatic heterocycles. The predicted molar refractivity (Wildman–Crippen MR) is 126 cm³/mol. The first kappa shape index (κ1) is 19.6. The standard InChI is InChI=1S/C27H32N2/c1-18(2)10-11-20(4)28-24-13-12-21-15-22-16-27(29-23-8-6-5-7-9-23)19(3)14-25(22)26(21)17-24/h5-9,12-14,16-18,20,28-29H,10-11,15H2,1-4H3. The van der Waals surface area contributed by atoms with E-state index in [-0.39, 0.29) is 0 Å². The quantitative estimate of drug-likeness (QED) is 0.344. The molecular formula is C27H32N2. The van der Waals surface area contributed by atoms with Crippen LogP contribution in [0, 0.1) is 12.8 Å². The van der Waals surface area contributed by atoms with Crippen molar-refractivity contribution in [2.24, 2.45) is 5.92 Å². The van der Waals surface area contributed by atoms with Crippen molar-refractivity contribution < 1.29 is 0 Å². The fraction of sp³-hybridized carbons (Fsp3) is 0.333. The first-order valence-electron chi connectivity index (χ1n) is 10.8. The molecule has 3 aromatic carbocycles. The number of hydrogen-bond donors (Lipinski definition) is 2. The van der Waals surface area contributed by atoms with Gasteiger partial charge in [0.05, 0.1) is 0 Å². The minimum absolute atomic E-state index is 0.496. The van der Waals surface area contributed by atoms with Gasteiger partial charge in [-0.25, -0.2) is 0 Å². The summed E-state index contributed by atoms with van der Waals surface area (Å²) in [4.78, 5) is 0. The Bertz CT molecular complexity index is 989. The number of anilines is 3. The summed E-state index contributed by atoms with van der Waals surface area (Å²) in [5, 5.41) is 7.28. The van der Waals surface area contributed by atoms with Gasteiger partial charge in [0.1, 0.15) is 0 Å². The van der Waals surface area contributed by atoms with E-state index in [1.54, 1.807) is 0 Å². The van der Waals surface area contributed by atoms with Gasteiger partial charge in [0.15, 0.2) is 0 Å². The van der Waals surface area contributed by atoms with Crippen LogP contribution in [0.15, 0.2) is 60.7 Å². The number of rotatable bonds is 7. The van der Waals surface area contributed by atoms with Gasteiger partial charge < -0.3 is 10.6 Å². The van der Waals surface area contributed by atoms with Crippen molar-refractivity contribution in [2.75, 3.05) is 10.6 Å². The Balaban J connectivity index is 1.55. The maximum atomic E-state index is 3.70. The summed E-state index contributed by atoms with van der Waals surface area (Å²) in [5.74, 6) is 0.757. The van der Waals surface area contributed by atoms with Gasteiger partial charge in [0.2, 0.25) is 0 Å². The van der Waals surface area contributed by atoms with Crippen LogP contribution in [0.2, 0.25) is 0 Å². The van der Waals surface area contributed by atoms with Crippen LogP contribution in [-0.2, 0) is 6.42 Å². The molecule has 0 fully saturated rings. The van der Waals surface area contributed by atoms with E-state index in [2.05, 4.69) is 92.9 Å². The molecule has 0 saturated carbocycles. The Kier molecular flexibility index (Phi) is 5.62. The molecule has 2 heteroatoms. The van der Waals surface area contributed by atoms with Crippen LogP contribution in [0.3, 0.4) is 0 Å². The van der Waals surface area contributed by atoms with Crippen LogP contribution in [0.1, 0.15) is 50.3 Å². The molecule has 0 amide bonds. The van der Waals surface area contributed by atoms with E-state index in [1.807, 2.05) is 6.07 Å². The molecule has 4 rings (SSSR count). The van der Waals surface area contributed by atoms with Crippen LogP contribution in [0.25, 0.3) is 11.1 Å². The smallest absolute Gasteiger partial charge is 0.0417 e. The molecule has 1 unspecified atom stereocenters. The normalized spacial score (nSPS) is 13.1. The zero-order valence-electron chi connectivity index (χ0n) is 18.0. The van der Waals surface area contributed by atoms with Gasteiger partial charge in [-0.3, -0.25) is 0 Å². The van der Waals surface area contributed by atoms with E-state index >= 15 is 0 Å². The van der Waals surface area contributed by atoms with E-state index in [0.29, 0.717) is 6.04 Å². The zero-order valence-corrected chi connectivity index (χ0v) is 18.0. The Morgan fingerprint density at radius 3 is 2.31 bits per heavy atom. The van der Waals surface area contributed by atoms with Crippen LogP contribution in [0.4, 0.5) is 17.1 Å². The van der Waals surface area contributed by atoms with E-state index < -0.39 is 0 Å².